The van der Waals surface area contributed by atoms with Crippen LogP contribution in [0.4, 0.5) is 26.3 Å². The first-order valence-electron chi connectivity index (χ1n) is 16.7. The molecule has 2 aromatic carbocycles. The maximum absolute atomic E-state index is 14.6. The first kappa shape index (κ1) is 35.3. The van der Waals surface area contributed by atoms with Gasteiger partial charge in [-0.05, 0) is 73.9 Å². The molecule has 0 heterocycles. The Kier molecular flexibility index (Phi) is 12.8. The van der Waals surface area contributed by atoms with E-state index < -0.39 is 23.5 Å². The van der Waals surface area contributed by atoms with Gasteiger partial charge in [0.1, 0.15) is 0 Å². The monoisotopic (exact) mass is 646 g/mol. The van der Waals surface area contributed by atoms with Crippen molar-refractivity contribution in [1.29, 1.82) is 0 Å². The van der Waals surface area contributed by atoms with Gasteiger partial charge in [-0.3, -0.25) is 0 Å². The standard InChI is InChI=1S/C38H44F6S/c1-3-13-29-23-33(37(39,40)41)31(21-19-27-15-9-5-6-10-16-27)35(25-29)45-36-26-30(14-4-2)24-34(38(42,43)44)32(36)22-20-28-17-11-7-8-12-18-28/h23-28H,3-18H2,1-2H3. The second-order valence-corrected chi connectivity index (χ2v) is 13.6. The van der Waals surface area contributed by atoms with E-state index in [2.05, 4.69) is 23.7 Å². The van der Waals surface area contributed by atoms with Crippen molar-refractivity contribution in [2.75, 3.05) is 0 Å². The van der Waals surface area contributed by atoms with Crippen molar-refractivity contribution in [3.63, 3.8) is 0 Å². The Hall–Kier alpha value is -2.51. The van der Waals surface area contributed by atoms with E-state index >= 15 is 0 Å². The highest BCUT2D eigenvalue weighted by molar-refractivity contribution is 7.99. The molecule has 0 aliphatic heterocycles. The summed E-state index contributed by atoms with van der Waals surface area (Å²) in [5.41, 5.74) is -0.923. The van der Waals surface area contributed by atoms with Gasteiger partial charge >= 0.3 is 12.4 Å². The van der Waals surface area contributed by atoms with Crippen molar-refractivity contribution in [2.45, 2.75) is 139 Å². The topological polar surface area (TPSA) is 0 Å². The first-order chi connectivity index (χ1) is 21.5. The number of rotatable bonds is 6. The molecule has 0 saturated heterocycles. The highest BCUT2D eigenvalue weighted by Crippen LogP contribution is 2.44. The lowest BCUT2D eigenvalue weighted by Crippen LogP contribution is -2.11. The summed E-state index contributed by atoms with van der Waals surface area (Å²) >= 11 is 0.958. The van der Waals surface area contributed by atoms with Crippen molar-refractivity contribution in [3.05, 3.63) is 57.6 Å². The second kappa shape index (κ2) is 16.4. The zero-order valence-electron chi connectivity index (χ0n) is 26.5. The van der Waals surface area contributed by atoms with E-state index in [4.69, 9.17) is 0 Å². The van der Waals surface area contributed by atoms with Crippen LogP contribution >= 0.6 is 11.8 Å². The fourth-order valence-corrected chi connectivity index (χ4v) is 7.57. The van der Waals surface area contributed by atoms with Crippen LogP contribution in [0.1, 0.15) is 137 Å². The molecule has 2 fully saturated rings. The molecule has 0 spiro atoms. The molecule has 45 heavy (non-hydrogen) atoms. The van der Waals surface area contributed by atoms with Crippen molar-refractivity contribution < 1.29 is 26.3 Å². The quantitative estimate of drug-likeness (QED) is 0.171. The molecular weight excluding hydrogens is 602 g/mol. The lowest BCUT2D eigenvalue weighted by atomic mass is 9.97. The molecule has 2 saturated carbocycles. The van der Waals surface area contributed by atoms with Gasteiger partial charge in [0.05, 0.1) is 22.3 Å². The smallest absolute Gasteiger partial charge is 0.166 e. The summed E-state index contributed by atoms with van der Waals surface area (Å²) in [7, 11) is 0. The van der Waals surface area contributed by atoms with Crippen LogP contribution in [0.25, 0.3) is 0 Å². The van der Waals surface area contributed by atoms with Gasteiger partial charge in [-0.1, -0.05) is 113 Å². The van der Waals surface area contributed by atoms with Crippen LogP contribution in [0, 0.1) is 35.5 Å². The summed E-state index contributed by atoms with van der Waals surface area (Å²) in [4.78, 5) is 0.488. The van der Waals surface area contributed by atoms with Crippen molar-refractivity contribution >= 4 is 11.8 Å². The SMILES string of the molecule is CCCc1cc(Sc2cc(CCC)cc(C(F)(F)F)c2C#CC2CCCCCC2)c(C#CC2CCCCCC2)c(C(F)(F)F)c1. The highest BCUT2D eigenvalue weighted by atomic mass is 32.2. The Morgan fingerprint density at radius 2 is 0.933 bits per heavy atom. The van der Waals surface area contributed by atoms with Crippen LogP contribution in [0.3, 0.4) is 0 Å². The minimum atomic E-state index is -4.66. The third-order valence-electron chi connectivity index (χ3n) is 8.74. The van der Waals surface area contributed by atoms with Crippen LogP contribution < -0.4 is 0 Å². The molecule has 0 bridgehead atoms. The van der Waals surface area contributed by atoms with E-state index in [9.17, 15) is 26.3 Å². The van der Waals surface area contributed by atoms with Gasteiger partial charge in [0.25, 0.3) is 0 Å². The average molecular weight is 647 g/mol. The third kappa shape index (κ3) is 10.2. The van der Waals surface area contributed by atoms with Gasteiger partial charge in [0.15, 0.2) is 0 Å². The minimum absolute atomic E-state index is 0.00692. The fourth-order valence-electron chi connectivity index (χ4n) is 6.39. The summed E-state index contributed by atoms with van der Waals surface area (Å²) in [6.07, 6.45) is 4.56. The Bertz CT molecular complexity index is 1290. The second-order valence-electron chi connectivity index (χ2n) is 12.5. The lowest BCUT2D eigenvalue weighted by Gasteiger charge is -2.19. The number of halogens is 6. The third-order valence-corrected chi connectivity index (χ3v) is 9.83. The molecule has 2 aromatic rings. The largest absolute Gasteiger partial charge is 0.417 e. The predicted octanol–water partition coefficient (Wildman–Crippen LogP) is 12.4. The molecule has 7 heteroatoms. The summed E-state index contributed by atoms with van der Waals surface area (Å²) < 4.78 is 87.6. The molecule has 2 aliphatic rings. The molecule has 0 nitrogen and oxygen atoms in total. The van der Waals surface area contributed by atoms with E-state index in [0.29, 0.717) is 36.8 Å². The summed E-state index contributed by atoms with van der Waals surface area (Å²) in [6, 6.07) is 5.74. The van der Waals surface area contributed by atoms with Crippen LogP contribution in [-0.2, 0) is 25.2 Å². The zero-order chi connectivity index (χ0) is 32.5. The Labute approximate surface area is 269 Å². The minimum Gasteiger partial charge on any atom is -0.166 e. The Morgan fingerprint density at radius 3 is 1.24 bits per heavy atom. The van der Waals surface area contributed by atoms with E-state index in [-0.39, 0.29) is 32.8 Å². The summed E-state index contributed by atoms with van der Waals surface area (Å²) in [5, 5.41) is 0. The van der Waals surface area contributed by atoms with E-state index in [1.807, 2.05) is 13.8 Å². The average Bonchev–Trinajstić information content (AvgIpc) is 3.40. The Balaban J connectivity index is 1.92. The van der Waals surface area contributed by atoms with Gasteiger partial charge in [0.2, 0.25) is 0 Å². The van der Waals surface area contributed by atoms with E-state index in [1.54, 1.807) is 12.1 Å². The number of hydrogen-bond donors (Lipinski definition) is 0. The predicted molar refractivity (Wildman–Crippen MR) is 171 cm³/mol. The highest BCUT2D eigenvalue weighted by Gasteiger charge is 2.37. The molecule has 244 valence electrons. The number of aryl methyl sites for hydroxylation is 2. The van der Waals surface area contributed by atoms with Crippen LogP contribution in [0.15, 0.2) is 34.1 Å². The first-order valence-corrected chi connectivity index (χ1v) is 17.5. The van der Waals surface area contributed by atoms with Crippen LogP contribution in [-0.4, -0.2) is 0 Å². The lowest BCUT2D eigenvalue weighted by molar-refractivity contribution is -0.138. The van der Waals surface area contributed by atoms with Gasteiger partial charge in [-0.2, -0.15) is 26.3 Å². The van der Waals surface area contributed by atoms with Gasteiger partial charge < -0.3 is 0 Å². The number of benzene rings is 2. The van der Waals surface area contributed by atoms with E-state index in [1.165, 1.54) is 12.1 Å². The molecule has 0 aromatic heterocycles. The molecule has 4 rings (SSSR count). The van der Waals surface area contributed by atoms with Gasteiger partial charge in [-0.15, -0.1) is 0 Å². The maximum atomic E-state index is 14.6. The molecule has 0 radical (unpaired) electrons. The molecule has 0 atom stereocenters. The van der Waals surface area contributed by atoms with Crippen LogP contribution in [0.5, 0.6) is 0 Å². The molecule has 0 amide bonds. The molecular formula is C38H44F6S. The molecule has 0 unspecified atom stereocenters. The van der Waals surface area contributed by atoms with Crippen LogP contribution in [0.2, 0.25) is 0 Å². The fraction of sp³-hybridized carbons (Fsp3) is 0.579. The maximum Gasteiger partial charge on any atom is 0.417 e. The zero-order valence-corrected chi connectivity index (χ0v) is 27.3. The van der Waals surface area contributed by atoms with Crippen molar-refractivity contribution in [2.24, 2.45) is 11.8 Å². The Morgan fingerprint density at radius 1 is 0.578 bits per heavy atom. The number of alkyl halides is 6. The molecule has 0 N–H and O–H groups in total. The molecule has 2 aliphatic carbocycles. The van der Waals surface area contributed by atoms with Crippen molar-refractivity contribution in [1.82, 2.24) is 0 Å². The van der Waals surface area contributed by atoms with Gasteiger partial charge in [0, 0.05) is 21.6 Å². The van der Waals surface area contributed by atoms with Gasteiger partial charge in [-0.25, -0.2) is 0 Å². The number of hydrogen-bond acceptors (Lipinski definition) is 1. The summed E-state index contributed by atoms with van der Waals surface area (Å²) in [5.74, 6) is 12.2. The normalized spacial score (nSPS) is 17.1. The summed E-state index contributed by atoms with van der Waals surface area (Å²) in [6.45, 7) is 3.79. The van der Waals surface area contributed by atoms with E-state index in [0.717, 1.165) is 88.8 Å². The van der Waals surface area contributed by atoms with Crippen molar-refractivity contribution in [3.8, 4) is 23.7 Å².